The molecule has 2 aliphatic rings. The highest BCUT2D eigenvalue weighted by molar-refractivity contribution is 5.79. The predicted octanol–water partition coefficient (Wildman–Crippen LogP) is 1.70. The van der Waals surface area contributed by atoms with Gasteiger partial charge in [-0.2, -0.15) is 0 Å². The molecule has 0 spiro atoms. The van der Waals surface area contributed by atoms with Crippen LogP contribution in [0.2, 0.25) is 0 Å². The van der Waals surface area contributed by atoms with Crippen LogP contribution in [0.5, 0.6) is 0 Å². The highest BCUT2D eigenvalue weighted by Gasteiger charge is 2.58. The molecular formula is C15H26N2O4. The second-order valence-electron chi connectivity index (χ2n) is 7.40. The molecule has 2 rings (SSSR count). The smallest absolute Gasteiger partial charge is 0.317 e. The van der Waals surface area contributed by atoms with E-state index in [-0.39, 0.29) is 29.6 Å². The Balaban J connectivity index is 1.94. The molecule has 0 aromatic heterocycles. The molecule has 2 amide bonds. The fraction of sp³-hybridized carbons (Fsp3) is 0.867. The standard InChI is InChI=1S/C15H26N2O4/c1-13(2)10(8-15(13,4)21-5)16-12(20)17-7-6-14(3,9-17)11(18)19/h10H,6-9H2,1-5H3,(H,16,20)(H,18,19). The third kappa shape index (κ3) is 2.39. The maximum atomic E-state index is 12.3. The number of rotatable bonds is 3. The first kappa shape index (κ1) is 16.1. The van der Waals surface area contributed by atoms with Crippen molar-refractivity contribution >= 4 is 12.0 Å². The number of carboxylic acids is 1. The van der Waals surface area contributed by atoms with Crippen LogP contribution >= 0.6 is 0 Å². The van der Waals surface area contributed by atoms with Gasteiger partial charge in [-0.25, -0.2) is 4.79 Å². The summed E-state index contributed by atoms with van der Waals surface area (Å²) in [5, 5.41) is 12.2. The molecule has 21 heavy (non-hydrogen) atoms. The van der Waals surface area contributed by atoms with Gasteiger partial charge in [0, 0.05) is 31.7 Å². The Morgan fingerprint density at radius 3 is 2.33 bits per heavy atom. The molecule has 1 saturated heterocycles. The average Bonchev–Trinajstić information content (AvgIpc) is 2.82. The number of hydrogen-bond acceptors (Lipinski definition) is 3. The minimum atomic E-state index is -0.839. The van der Waals surface area contributed by atoms with Crippen LogP contribution in [0, 0.1) is 10.8 Å². The summed E-state index contributed by atoms with van der Waals surface area (Å²) in [7, 11) is 1.69. The van der Waals surface area contributed by atoms with E-state index in [1.54, 1.807) is 18.9 Å². The molecule has 1 heterocycles. The lowest BCUT2D eigenvalue weighted by molar-refractivity contribution is -0.177. The Labute approximate surface area is 125 Å². The third-order valence-corrected chi connectivity index (χ3v) is 5.85. The van der Waals surface area contributed by atoms with E-state index in [9.17, 15) is 14.7 Å². The van der Waals surface area contributed by atoms with Crippen LogP contribution in [-0.4, -0.2) is 53.8 Å². The van der Waals surface area contributed by atoms with E-state index in [1.165, 1.54) is 0 Å². The van der Waals surface area contributed by atoms with Crippen molar-refractivity contribution in [2.75, 3.05) is 20.2 Å². The fourth-order valence-electron chi connectivity index (χ4n) is 3.27. The number of ether oxygens (including phenoxy) is 1. The van der Waals surface area contributed by atoms with E-state index >= 15 is 0 Å². The zero-order valence-electron chi connectivity index (χ0n) is 13.5. The third-order valence-electron chi connectivity index (χ3n) is 5.85. The Hall–Kier alpha value is -1.30. The van der Waals surface area contributed by atoms with Crippen molar-refractivity contribution in [1.82, 2.24) is 10.2 Å². The molecular weight excluding hydrogens is 272 g/mol. The van der Waals surface area contributed by atoms with Gasteiger partial charge in [0.2, 0.25) is 0 Å². The van der Waals surface area contributed by atoms with E-state index in [4.69, 9.17) is 4.74 Å². The number of nitrogens with zero attached hydrogens (tertiary/aromatic N) is 1. The molecule has 2 N–H and O–H groups in total. The van der Waals surface area contributed by atoms with Crippen molar-refractivity contribution in [3.05, 3.63) is 0 Å². The lowest BCUT2D eigenvalue weighted by Gasteiger charge is -2.59. The number of carbonyl (C=O) groups is 2. The number of likely N-dealkylation sites (tertiary alicyclic amines) is 1. The van der Waals surface area contributed by atoms with Crippen molar-refractivity contribution in [3.63, 3.8) is 0 Å². The lowest BCUT2D eigenvalue weighted by Crippen LogP contribution is -2.69. The van der Waals surface area contributed by atoms with Gasteiger partial charge in [0.25, 0.3) is 0 Å². The van der Waals surface area contributed by atoms with Crippen molar-refractivity contribution in [2.45, 2.75) is 52.2 Å². The normalized spacial score (nSPS) is 38.0. The molecule has 1 aliphatic carbocycles. The van der Waals surface area contributed by atoms with Gasteiger partial charge in [-0.05, 0) is 26.7 Å². The summed E-state index contributed by atoms with van der Waals surface area (Å²) in [6.07, 6.45) is 1.27. The monoisotopic (exact) mass is 298 g/mol. The Morgan fingerprint density at radius 1 is 1.29 bits per heavy atom. The Kier molecular flexibility index (Phi) is 3.72. The van der Waals surface area contributed by atoms with Crippen LogP contribution in [0.1, 0.15) is 40.5 Å². The van der Waals surface area contributed by atoms with Crippen LogP contribution in [0.25, 0.3) is 0 Å². The summed E-state index contributed by atoms with van der Waals surface area (Å²) in [4.78, 5) is 25.2. The van der Waals surface area contributed by atoms with E-state index in [0.717, 1.165) is 6.42 Å². The first-order valence-electron chi connectivity index (χ1n) is 7.40. The fourth-order valence-corrected chi connectivity index (χ4v) is 3.27. The maximum Gasteiger partial charge on any atom is 0.317 e. The number of hydrogen-bond donors (Lipinski definition) is 2. The zero-order valence-corrected chi connectivity index (χ0v) is 13.5. The molecule has 2 fully saturated rings. The van der Waals surface area contributed by atoms with Crippen LogP contribution < -0.4 is 5.32 Å². The summed E-state index contributed by atoms with van der Waals surface area (Å²) >= 11 is 0. The van der Waals surface area contributed by atoms with Crippen molar-refractivity contribution in [2.24, 2.45) is 10.8 Å². The molecule has 0 bridgehead atoms. The van der Waals surface area contributed by atoms with E-state index in [0.29, 0.717) is 13.0 Å². The molecule has 0 aromatic carbocycles. The molecule has 1 aliphatic heterocycles. The molecule has 0 radical (unpaired) electrons. The first-order valence-corrected chi connectivity index (χ1v) is 7.40. The summed E-state index contributed by atoms with van der Waals surface area (Å²) in [5.74, 6) is -0.839. The maximum absolute atomic E-state index is 12.3. The van der Waals surface area contributed by atoms with Crippen molar-refractivity contribution < 1.29 is 19.4 Å². The second kappa shape index (κ2) is 4.87. The van der Waals surface area contributed by atoms with Gasteiger partial charge < -0.3 is 20.1 Å². The largest absolute Gasteiger partial charge is 0.481 e. The van der Waals surface area contributed by atoms with E-state index in [2.05, 4.69) is 19.2 Å². The van der Waals surface area contributed by atoms with E-state index < -0.39 is 11.4 Å². The zero-order chi connectivity index (χ0) is 16.1. The topological polar surface area (TPSA) is 78.9 Å². The Morgan fingerprint density at radius 2 is 1.90 bits per heavy atom. The van der Waals surface area contributed by atoms with Crippen LogP contribution in [-0.2, 0) is 9.53 Å². The van der Waals surface area contributed by atoms with Gasteiger partial charge in [0.1, 0.15) is 0 Å². The van der Waals surface area contributed by atoms with Gasteiger partial charge in [-0.3, -0.25) is 4.79 Å². The molecule has 3 unspecified atom stereocenters. The highest BCUT2D eigenvalue weighted by atomic mass is 16.5. The van der Waals surface area contributed by atoms with Crippen molar-refractivity contribution in [1.29, 1.82) is 0 Å². The van der Waals surface area contributed by atoms with Crippen LogP contribution in [0.3, 0.4) is 0 Å². The van der Waals surface area contributed by atoms with Gasteiger partial charge in [0.15, 0.2) is 0 Å². The molecule has 120 valence electrons. The molecule has 3 atom stereocenters. The number of nitrogens with one attached hydrogen (secondary N) is 1. The summed E-state index contributed by atoms with van der Waals surface area (Å²) in [6.45, 7) is 8.66. The van der Waals surface area contributed by atoms with Crippen LogP contribution in [0.4, 0.5) is 4.79 Å². The summed E-state index contributed by atoms with van der Waals surface area (Å²) < 4.78 is 5.55. The highest BCUT2D eigenvalue weighted by Crippen LogP contribution is 2.51. The molecule has 0 aromatic rings. The number of amides is 2. The molecule has 1 saturated carbocycles. The number of carboxylic acid groups (broad SMARTS) is 1. The number of carbonyl (C=O) groups excluding carboxylic acids is 1. The van der Waals surface area contributed by atoms with Gasteiger partial charge >= 0.3 is 12.0 Å². The summed E-state index contributed by atoms with van der Waals surface area (Å²) in [6, 6.07) is -0.122. The van der Waals surface area contributed by atoms with Gasteiger partial charge in [-0.1, -0.05) is 13.8 Å². The Bertz CT molecular complexity index is 465. The second-order valence-corrected chi connectivity index (χ2v) is 7.40. The first-order chi connectivity index (χ1) is 9.56. The van der Waals surface area contributed by atoms with Crippen LogP contribution in [0.15, 0.2) is 0 Å². The molecule has 6 heteroatoms. The van der Waals surface area contributed by atoms with Gasteiger partial charge in [0.05, 0.1) is 11.0 Å². The SMILES string of the molecule is COC1(C)CC(NC(=O)N2CCC(C)(C(=O)O)C2)C1(C)C. The van der Waals surface area contributed by atoms with Gasteiger partial charge in [-0.15, -0.1) is 0 Å². The summed E-state index contributed by atoms with van der Waals surface area (Å²) in [5.41, 5.74) is -1.20. The number of methoxy groups -OCH3 is 1. The number of urea groups is 1. The predicted molar refractivity (Wildman–Crippen MR) is 78.1 cm³/mol. The quantitative estimate of drug-likeness (QED) is 0.831. The molecule has 6 nitrogen and oxygen atoms in total. The van der Waals surface area contributed by atoms with Crippen molar-refractivity contribution in [3.8, 4) is 0 Å². The average molecular weight is 298 g/mol. The minimum Gasteiger partial charge on any atom is -0.481 e. The van der Waals surface area contributed by atoms with E-state index in [1.807, 2.05) is 6.92 Å². The minimum absolute atomic E-state index is 0.0478. The lowest BCUT2D eigenvalue weighted by atomic mass is 9.56. The number of aliphatic carboxylic acids is 1.